The Morgan fingerprint density at radius 1 is 0.851 bits per heavy atom. The lowest BCUT2D eigenvalue weighted by atomic mass is 9.76. The van der Waals surface area contributed by atoms with Crippen LogP contribution >= 0.6 is 0 Å². The van der Waals surface area contributed by atoms with Gasteiger partial charge in [0.2, 0.25) is 0 Å². The number of halogens is 1. The van der Waals surface area contributed by atoms with Crippen molar-refractivity contribution in [3.8, 4) is 22.6 Å². The summed E-state index contributed by atoms with van der Waals surface area (Å²) in [5.41, 5.74) is 13.4. The number of rotatable bonds is 9. The SMILES string of the molecule is CCCCCc1ccc2c(c1)c1cc(-c3cn(-c4c(C)cc(C)cc4C)cn3)c(C3(C(C)C)CC3(C)C)cc1n2-c1ccc(F)cc1. The number of nitrogens with zero attached hydrogens (tertiary/aromatic N) is 3. The zero-order chi connectivity index (χ0) is 33.2. The van der Waals surface area contributed by atoms with Crippen molar-refractivity contribution in [3.05, 3.63) is 113 Å². The third-order valence-corrected chi connectivity index (χ3v) is 11.1. The first-order valence-electron chi connectivity index (χ1n) is 17.5. The molecule has 1 saturated carbocycles. The van der Waals surface area contributed by atoms with Gasteiger partial charge >= 0.3 is 0 Å². The molecule has 4 aromatic carbocycles. The van der Waals surface area contributed by atoms with Gasteiger partial charge in [-0.05, 0) is 122 Å². The standard InChI is InChI=1S/C43H48FN3/c1-9-10-11-12-31-13-18-39-34(21-31)35-22-36(38-24-46(26-45-38)41-29(5)19-28(4)20-30(41)6)37(43(27(2)3)25-42(43,7)8)23-40(35)47(39)33-16-14-32(44)15-17-33/h13-24,26-27H,9-12,25H2,1-8H3. The van der Waals surface area contributed by atoms with Gasteiger partial charge in [-0.25, -0.2) is 9.37 Å². The van der Waals surface area contributed by atoms with E-state index in [1.165, 1.54) is 74.6 Å². The fourth-order valence-electron chi connectivity index (χ4n) is 8.87. The Morgan fingerprint density at radius 3 is 2.17 bits per heavy atom. The highest BCUT2D eigenvalue weighted by Gasteiger charge is 2.64. The summed E-state index contributed by atoms with van der Waals surface area (Å²) in [6, 6.07) is 23.3. The molecule has 0 bridgehead atoms. The zero-order valence-electron chi connectivity index (χ0n) is 29.3. The largest absolute Gasteiger partial charge is 0.309 e. The Kier molecular flexibility index (Phi) is 7.69. The molecule has 6 aromatic rings. The molecule has 1 aliphatic rings. The second-order valence-electron chi connectivity index (χ2n) is 15.1. The average molecular weight is 626 g/mol. The predicted molar refractivity (Wildman–Crippen MR) is 196 cm³/mol. The molecule has 1 atom stereocenters. The average Bonchev–Trinajstić information content (AvgIpc) is 3.29. The fourth-order valence-corrected chi connectivity index (χ4v) is 8.87. The predicted octanol–water partition coefficient (Wildman–Crippen LogP) is 11.8. The number of aromatic nitrogens is 3. The lowest BCUT2D eigenvalue weighted by Gasteiger charge is -2.28. The minimum Gasteiger partial charge on any atom is -0.309 e. The smallest absolute Gasteiger partial charge is 0.123 e. The Morgan fingerprint density at radius 2 is 1.53 bits per heavy atom. The van der Waals surface area contributed by atoms with Crippen LogP contribution < -0.4 is 0 Å². The van der Waals surface area contributed by atoms with Gasteiger partial charge in [-0.15, -0.1) is 0 Å². The molecule has 7 rings (SSSR count). The lowest BCUT2D eigenvalue weighted by molar-refractivity contribution is 0.385. The highest BCUT2D eigenvalue weighted by molar-refractivity contribution is 6.11. The third kappa shape index (κ3) is 5.12. The molecule has 2 heterocycles. The molecule has 2 aromatic heterocycles. The minimum atomic E-state index is -0.219. The summed E-state index contributed by atoms with van der Waals surface area (Å²) >= 11 is 0. The van der Waals surface area contributed by atoms with Gasteiger partial charge in [-0.2, -0.15) is 0 Å². The molecule has 1 fully saturated rings. The normalized spacial score (nSPS) is 17.3. The van der Waals surface area contributed by atoms with Crippen molar-refractivity contribution in [1.82, 2.24) is 14.1 Å². The molecule has 0 aliphatic heterocycles. The van der Waals surface area contributed by atoms with Crippen molar-refractivity contribution in [1.29, 1.82) is 0 Å². The van der Waals surface area contributed by atoms with Crippen LogP contribution in [0.15, 0.2) is 79.3 Å². The van der Waals surface area contributed by atoms with Gasteiger partial charge in [-0.3, -0.25) is 0 Å². The van der Waals surface area contributed by atoms with E-state index in [-0.39, 0.29) is 16.6 Å². The Labute approximate surface area is 279 Å². The van der Waals surface area contributed by atoms with E-state index in [1.807, 2.05) is 18.5 Å². The van der Waals surface area contributed by atoms with Crippen LogP contribution in [0.2, 0.25) is 0 Å². The van der Waals surface area contributed by atoms with E-state index in [2.05, 4.69) is 113 Å². The lowest BCUT2D eigenvalue weighted by Crippen LogP contribution is -2.22. The van der Waals surface area contributed by atoms with Crippen molar-refractivity contribution in [2.45, 2.75) is 92.9 Å². The second-order valence-corrected chi connectivity index (χ2v) is 15.1. The highest BCUT2D eigenvalue weighted by Crippen LogP contribution is 2.69. The zero-order valence-corrected chi connectivity index (χ0v) is 29.3. The maximum atomic E-state index is 14.2. The van der Waals surface area contributed by atoms with Crippen LogP contribution in [0.3, 0.4) is 0 Å². The summed E-state index contributed by atoms with van der Waals surface area (Å²) in [6.45, 7) is 18.4. The summed E-state index contributed by atoms with van der Waals surface area (Å²) < 4.78 is 18.7. The fraction of sp³-hybridized carbons (Fsp3) is 0.372. The van der Waals surface area contributed by atoms with E-state index < -0.39 is 0 Å². The molecule has 1 unspecified atom stereocenters. The number of hydrogen-bond acceptors (Lipinski definition) is 1. The summed E-state index contributed by atoms with van der Waals surface area (Å²) in [4.78, 5) is 5.12. The number of unbranched alkanes of at least 4 members (excludes halogenated alkanes) is 2. The summed E-state index contributed by atoms with van der Waals surface area (Å²) in [6.07, 6.45) is 10.1. The second kappa shape index (κ2) is 11.5. The molecule has 1 aliphatic carbocycles. The van der Waals surface area contributed by atoms with Crippen LogP contribution in [0, 0.1) is 37.9 Å². The number of aryl methyl sites for hydroxylation is 4. The van der Waals surface area contributed by atoms with E-state index in [0.717, 1.165) is 29.7 Å². The third-order valence-electron chi connectivity index (χ3n) is 11.1. The van der Waals surface area contributed by atoms with Crippen LogP contribution in [0.4, 0.5) is 4.39 Å². The minimum absolute atomic E-state index is 0.0192. The van der Waals surface area contributed by atoms with Gasteiger partial charge in [0.1, 0.15) is 5.82 Å². The Balaban J connectivity index is 1.52. The molecule has 0 amide bonds. The van der Waals surface area contributed by atoms with Gasteiger partial charge in [0.15, 0.2) is 0 Å². The molecule has 3 nitrogen and oxygen atoms in total. The van der Waals surface area contributed by atoms with E-state index >= 15 is 0 Å². The number of benzene rings is 4. The first-order chi connectivity index (χ1) is 22.4. The number of hydrogen-bond donors (Lipinski definition) is 0. The van der Waals surface area contributed by atoms with Crippen LogP contribution in [-0.2, 0) is 11.8 Å². The van der Waals surface area contributed by atoms with Crippen molar-refractivity contribution >= 4 is 21.8 Å². The number of imidazole rings is 1. The van der Waals surface area contributed by atoms with Gasteiger partial charge in [0, 0.05) is 33.6 Å². The van der Waals surface area contributed by atoms with Crippen LogP contribution in [-0.4, -0.2) is 14.1 Å². The van der Waals surface area contributed by atoms with Gasteiger partial charge in [0.25, 0.3) is 0 Å². The summed E-state index contributed by atoms with van der Waals surface area (Å²) in [5.74, 6) is 0.232. The number of fused-ring (bicyclic) bond motifs is 3. The first-order valence-corrected chi connectivity index (χ1v) is 17.5. The molecule has 0 N–H and O–H groups in total. The summed E-state index contributed by atoms with van der Waals surface area (Å²) in [7, 11) is 0. The topological polar surface area (TPSA) is 22.8 Å². The van der Waals surface area contributed by atoms with E-state index in [4.69, 9.17) is 4.98 Å². The van der Waals surface area contributed by atoms with Crippen LogP contribution in [0.25, 0.3) is 44.4 Å². The van der Waals surface area contributed by atoms with Gasteiger partial charge in [0.05, 0.1) is 28.7 Å². The van der Waals surface area contributed by atoms with Crippen molar-refractivity contribution < 1.29 is 4.39 Å². The van der Waals surface area contributed by atoms with E-state index in [9.17, 15) is 4.39 Å². The quantitative estimate of drug-likeness (QED) is 0.147. The molecule has 0 spiro atoms. The van der Waals surface area contributed by atoms with Gasteiger partial charge < -0.3 is 9.13 Å². The van der Waals surface area contributed by atoms with E-state index in [0.29, 0.717) is 5.92 Å². The maximum Gasteiger partial charge on any atom is 0.123 e. The molecule has 4 heteroatoms. The van der Waals surface area contributed by atoms with Gasteiger partial charge in [-0.1, -0.05) is 71.2 Å². The Bertz CT molecular complexity index is 2100. The Hall–Kier alpha value is -4.18. The molecular formula is C43H48FN3. The van der Waals surface area contributed by atoms with Crippen LogP contribution in [0.1, 0.15) is 88.1 Å². The van der Waals surface area contributed by atoms with E-state index in [1.54, 1.807) is 12.1 Å². The molecule has 47 heavy (non-hydrogen) atoms. The van der Waals surface area contributed by atoms with Crippen molar-refractivity contribution in [2.24, 2.45) is 11.3 Å². The summed E-state index contributed by atoms with van der Waals surface area (Å²) in [5, 5.41) is 2.46. The first kappa shape index (κ1) is 31.4. The van der Waals surface area contributed by atoms with Crippen molar-refractivity contribution in [3.63, 3.8) is 0 Å². The molecule has 0 saturated heterocycles. The van der Waals surface area contributed by atoms with Crippen molar-refractivity contribution in [2.75, 3.05) is 0 Å². The monoisotopic (exact) mass is 625 g/mol. The molecular weight excluding hydrogens is 577 g/mol. The molecule has 242 valence electrons. The highest BCUT2D eigenvalue weighted by atomic mass is 19.1. The van der Waals surface area contributed by atoms with Crippen LogP contribution in [0.5, 0.6) is 0 Å². The maximum absolute atomic E-state index is 14.2. The molecule has 0 radical (unpaired) electrons.